The summed E-state index contributed by atoms with van der Waals surface area (Å²) in [4.78, 5) is 12.3. The van der Waals surface area contributed by atoms with E-state index in [2.05, 4.69) is 5.32 Å². The zero-order valence-electron chi connectivity index (χ0n) is 12.9. The molecule has 1 unspecified atom stereocenters. The van der Waals surface area contributed by atoms with Crippen LogP contribution in [0.15, 0.2) is 60.7 Å². The van der Waals surface area contributed by atoms with Gasteiger partial charge in [-0.1, -0.05) is 53.5 Å². The lowest BCUT2D eigenvalue weighted by atomic mass is 10.1. The first kappa shape index (κ1) is 16.6. The molecule has 0 aliphatic heterocycles. The fraction of sp³-hybridized carbons (Fsp3) is 0.105. The number of ether oxygens (including phenoxy) is 1. The molecule has 3 aromatic rings. The lowest BCUT2D eigenvalue weighted by Crippen LogP contribution is -2.30. The van der Waals surface area contributed by atoms with Crippen LogP contribution in [0.2, 0.25) is 10.0 Å². The maximum atomic E-state index is 12.3. The molecule has 1 N–H and O–H groups in total. The zero-order valence-corrected chi connectivity index (χ0v) is 14.4. The normalized spacial score (nSPS) is 12.0. The highest BCUT2D eigenvalue weighted by molar-refractivity contribution is 6.35. The number of fused-ring (bicyclic) bond motifs is 1. The molecule has 0 aliphatic rings. The number of halogens is 2. The van der Waals surface area contributed by atoms with Gasteiger partial charge in [0, 0.05) is 10.7 Å². The molecule has 0 spiro atoms. The Labute approximate surface area is 150 Å². The third kappa shape index (κ3) is 3.81. The molecule has 24 heavy (non-hydrogen) atoms. The van der Waals surface area contributed by atoms with Crippen molar-refractivity contribution >= 4 is 45.6 Å². The highest BCUT2D eigenvalue weighted by atomic mass is 35.5. The van der Waals surface area contributed by atoms with E-state index in [4.69, 9.17) is 27.9 Å². The summed E-state index contributed by atoms with van der Waals surface area (Å²) in [6, 6.07) is 18.6. The molecule has 0 bridgehead atoms. The third-order valence-electron chi connectivity index (χ3n) is 3.58. The monoisotopic (exact) mass is 359 g/mol. The largest absolute Gasteiger partial charge is 0.479 e. The van der Waals surface area contributed by atoms with E-state index in [1.54, 1.807) is 25.1 Å². The second-order valence-electron chi connectivity index (χ2n) is 5.39. The fourth-order valence-electron chi connectivity index (χ4n) is 2.33. The summed E-state index contributed by atoms with van der Waals surface area (Å²) in [6.07, 6.45) is -0.699. The van der Waals surface area contributed by atoms with Crippen LogP contribution in [0.1, 0.15) is 6.92 Å². The van der Waals surface area contributed by atoms with Crippen LogP contribution in [0.3, 0.4) is 0 Å². The fourth-order valence-corrected chi connectivity index (χ4v) is 2.78. The summed E-state index contributed by atoms with van der Waals surface area (Å²) in [5, 5.41) is 5.91. The van der Waals surface area contributed by atoms with Crippen molar-refractivity contribution in [2.75, 3.05) is 5.32 Å². The molecule has 1 amide bonds. The Balaban J connectivity index is 1.70. The Kier molecular flexibility index (Phi) is 4.93. The first-order valence-corrected chi connectivity index (χ1v) is 8.20. The van der Waals surface area contributed by atoms with Crippen molar-refractivity contribution in [1.82, 2.24) is 0 Å². The zero-order chi connectivity index (χ0) is 17.1. The maximum Gasteiger partial charge on any atom is 0.265 e. The number of hydrogen-bond donors (Lipinski definition) is 1. The minimum atomic E-state index is -0.699. The van der Waals surface area contributed by atoms with Crippen LogP contribution in [0.4, 0.5) is 5.69 Å². The number of hydrogen-bond acceptors (Lipinski definition) is 2. The number of anilines is 1. The molecular formula is C19H15Cl2NO2. The van der Waals surface area contributed by atoms with Crippen molar-refractivity contribution in [3.63, 3.8) is 0 Å². The predicted molar refractivity (Wildman–Crippen MR) is 99.1 cm³/mol. The van der Waals surface area contributed by atoms with Crippen molar-refractivity contribution < 1.29 is 9.53 Å². The molecule has 0 saturated heterocycles. The van der Waals surface area contributed by atoms with Gasteiger partial charge in [-0.2, -0.15) is 0 Å². The standard InChI is InChI=1S/C19H15Cl2NO2/c1-12(24-18-9-7-15(20)11-17(18)21)19(23)22-16-8-6-13-4-2-3-5-14(13)10-16/h2-12H,1H3,(H,22,23). The molecule has 0 saturated carbocycles. The summed E-state index contributed by atoms with van der Waals surface area (Å²) >= 11 is 11.9. The van der Waals surface area contributed by atoms with Gasteiger partial charge in [0.1, 0.15) is 5.75 Å². The molecule has 3 nitrogen and oxygen atoms in total. The van der Waals surface area contributed by atoms with Crippen molar-refractivity contribution in [1.29, 1.82) is 0 Å². The lowest BCUT2D eigenvalue weighted by molar-refractivity contribution is -0.122. The third-order valence-corrected chi connectivity index (χ3v) is 4.11. The Morgan fingerprint density at radius 3 is 2.50 bits per heavy atom. The average molecular weight is 360 g/mol. The molecular weight excluding hydrogens is 345 g/mol. The molecule has 1 atom stereocenters. The van der Waals surface area contributed by atoms with E-state index >= 15 is 0 Å². The van der Waals surface area contributed by atoms with Crippen LogP contribution in [0.5, 0.6) is 5.75 Å². The SMILES string of the molecule is CC(Oc1ccc(Cl)cc1Cl)C(=O)Nc1ccc2ccccc2c1. The number of rotatable bonds is 4. The molecule has 3 aromatic carbocycles. The van der Waals surface area contributed by atoms with E-state index < -0.39 is 6.10 Å². The van der Waals surface area contributed by atoms with Crippen LogP contribution < -0.4 is 10.1 Å². The van der Waals surface area contributed by atoms with Crippen LogP contribution >= 0.6 is 23.2 Å². The maximum absolute atomic E-state index is 12.3. The smallest absolute Gasteiger partial charge is 0.265 e. The van der Waals surface area contributed by atoms with E-state index in [-0.39, 0.29) is 5.91 Å². The predicted octanol–water partition coefficient (Wildman–Crippen LogP) is 5.55. The Hall–Kier alpha value is -2.23. The van der Waals surface area contributed by atoms with Gasteiger partial charge in [-0.3, -0.25) is 4.79 Å². The second kappa shape index (κ2) is 7.12. The molecule has 3 rings (SSSR count). The van der Waals surface area contributed by atoms with Gasteiger partial charge in [-0.25, -0.2) is 0 Å². The topological polar surface area (TPSA) is 38.3 Å². The van der Waals surface area contributed by atoms with Crippen molar-refractivity contribution in [3.8, 4) is 5.75 Å². The minimum absolute atomic E-state index is 0.253. The Bertz CT molecular complexity index is 895. The lowest BCUT2D eigenvalue weighted by Gasteiger charge is -2.16. The van der Waals surface area contributed by atoms with E-state index in [9.17, 15) is 4.79 Å². The van der Waals surface area contributed by atoms with Crippen molar-refractivity contribution in [3.05, 3.63) is 70.7 Å². The summed E-state index contributed by atoms with van der Waals surface area (Å²) in [6.45, 7) is 1.67. The molecule has 0 radical (unpaired) electrons. The van der Waals surface area contributed by atoms with E-state index in [0.29, 0.717) is 15.8 Å². The summed E-state index contributed by atoms with van der Waals surface area (Å²) in [7, 11) is 0. The highest BCUT2D eigenvalue weighted by Gasteiger charge is 2.16. The van der Waals surface area contributed by atoms with Gasteiger partial charge in [0.25, 0.3) is 5.91 Å². The second-order valence-corrected chi connectivity index (χ2v) is 6.23. The van der Waals surface area contributed by atoms with Gasteiger partial charge in [-0.05, 0) is 48.0 Å². The number of nitrogens with one attached hydrogen (secondary N) is 1. The molecule has 0 heterocycles. The van der Waals surface area contributed by atoms with Crippen molar-refractivity contribution in [2.24, 2.45) is 0 Å². The quantitative estimate of drug-likeness (QED) is 0.662. The summed E-state index contributed by atoms with van der Waals surface area (Å²) < 4.78 is 5.62. The van der Waals surface area contributed by atoms with Gasteiger partial charge >= 0.3 is 0 Å². The van der Waals surface area contributed by atoms with E-state index in [1.807, 2.05) is 42.5 Å². The molecule has 0 aromatic heterocycles. The Morgan fingerprint density at radius 2 is 1.75 bits per heavy atom. The van der Waals surface area contributed by atoms with Gasteiger partial charge in [-0.15, -0.1) is 0 Å². The highest BCUT2D eigenvalue weighted by Crippen LogP contribution is 2.28. The first-order valence-electron chi connectivity index (χ1n) is 7.44. The van der Waals surface area contributed by atoms with Crippen LogP contribution in [0, 0.1) is 0 Å². The van der Waals surface area contributed by atoms with Crippen molar-refractivity contribution in [2.45, 2.75) is 13.0 Å². The van der Waals surface area contributed by atoms with Gasteiger partial charge in [0.15, 0.2) is 6.10 Å². The van der Waals surface area contributed by atoms with Gasteiger partial charge < -0.3 is 10.1 Å². The van der Waals surface area contributed by atoms with Gasteiger partial charge in [0.05, 0.1) is 5.02 Å². The van der Waals surface area contributed by atoms with E-state index in [1.165, 1.54) is 0 Å². The van der Waals surface area contributed by atoms with Crippen LogP contribution in [0.25, 0.3) is 10.8 Å². The number of amides is 1. The molecule has 122 valence electrons. The number of carbonyl (C=O) groups excluding carboxylic acids is 1. The first-order chi connectivity index (χ1) is 11.5. The van der Waals surface area contributed by atoms with Crippen LogP contribution in [-0.4, -0.2) is 12.0 Å². The number of carbonyl (C=O) groups is 1. The van der Waals surface area contributed by atoms with Gasteiger partial charge in [0.2, 0.25) is 0 Å². The van der Waals surface area contributed by atoms with Crippen LogP contribution in [-0.2, 0) is 4.79 Å². The molecule has 5 heteroatoms. The average Bonchev–Trinajstić information content (AvgIpc) is 2.57. The molecule has 0 aliphatic carbocycles. The summed E-state index contributed by atoms with van der Waals surface area (Å²) in [5.74, 6) is 0.165. The number of benzene rings is 3. The summed E-state index contributed by atoms with van der Waals surface area (Å²) in [5.41, 5.74) is 0.719. The minimum Gasteiger partial charge on any atom is -0.479 e. The molecule has 0 fully saturated rings. The van der Waals surface area contributed by atoms with E-state index in [0.717, 1.165) is 16.5 Å². The Morgan fingerprint density at radius 1 is 1.00 bits per heavy atom.